The first-order valence-corrected chi connectivity index (χ1v) is 12.9. The summed E-state index contributed by atoms with van der Waals surface area (Å²) in [6.07, 6.45) is 7.49. The van der Waals surface area contributed by atoms with E-state index >= 15 is 0 Å². The summed E-state index contributed by atoms with van der Waals surface area (Å²) in [7, 11) is 1.95. The Kier molecular flexibility index (Phi) is 5.58. The fraction of sp³-hybridized carbons (Fsp3) is 0.481. The van der Waals surface area contributed by atoms with Crippen LogP contribution >= 0.6 is 0 Å². The number of nitrogens with two attached hydrogens (primary N) is 1. The lowest BCUT2D eigenvalue weighted by atomic mass is 9.71. The Labute approximate surface area is 210 Å². The van der Waals surface area contributed by atoms with Gasteiger partial charge in [0.25, 0.3) is 0 Å². The molecule has 3 aromatic rings. The Hall–Kier alpha value is -3.62. The molecule has 9 nitrogen and oxygen atoms in total. The number of para-hydroxylation sites is 1. The lowest BCUT2D eigenvalue weighted by Crippen LogP contribution is -2.47. The van der Waals surface area contributed by atoms with Gasteiger partial charge in [0, 0.05) is 45.0 Å². The van der Waals surface area contributed by atoms with Crippen molar-refractivity contribution in [1.29, 1.82) is 0 Å². The van der Waals surface area contributed by atoms with E-state index in [9.17, 15) is 9.59 Å². The van der Waals surface area contributed by atoms with Crippen LogP contribution in [-0.2, 0) is 16.6 Å². The van der Waals surface area contributed by atoms with E-state index < -0.39 is 0 Å². The monoisotopic (exact) mass is 487 g/mol. The Morgan fingerprint density at radius 3 is 2.39 bits per heavy atom. The van der Waals surface area contributed by atoms with Gasteiger partial charge in [-0.1, -0.05) is 12.1 Å². The minimum atomic E-state index is -0.382. The van der Waals surface area contributed by atoms with Gasteiger partial charge < -0.3 is 15.5 Å². The fourth-order valence-corrected chi connectivity index (χ4v) is 6.36. The average molecular weight is 488 g/mol. The molecule has 9 heteroatoms. The molecule has 0 saturated carbocycles. The van der Waals surface area contributed by atoms with E-state index in [4.69, 9.17) is 10.8 Å². The van der Waals surface area contributed by atoms with Crippen molar-refractivity contribution in [1.82, 2.24) is 20.1 Å². The van der Waals surface area contributed by atoms with Gasteiger partial charge in [0.1, 0.15) is 5.82 Å². The number of amides is 2. The second-order valence-corrected chi connectivity index (χ2v) is 10.6. The van der Waals surface area contributed by atoms with Gasteiger partial charge in [0.15, 0.2) is 0 Å². The van der Waals surface area contributed by atoms with Crippen LogP contribution in [0.3, 0.4) is 0 Å². The summed E-state index contributed by atoms with van der Waals surface area (Å²) in [6.45, 7) is 4.14. The molecule has 0 radical (unpaired) electrons. The maximum Gasteiger partial charge on any atom is 0.235 e. The highest BCUT2D eigenvalue weighted by molar-refractivity contribution is 6.03. The lowest BCUT2D eigenvalue weighted by molar-refractivity contribution is -0.134. The molecule has 3 fully saturated rings. The maximum absolute atomic E-state index is 12.5. The van der Waals surface area contributed by atoms with Crippen LogP contribution in [0.25, 0.3) is 10.9 Å². The number of fused-ring (bicyclic) bond motifs is 1. The first kappa shape index (κ1) is 22.8. The second kappa shape index (κ2) is 8.80. The third-order valence-corrected chi connectivity index (χ3v) is 8.57. The Balaban J connectivity index is 1.17. The Morgan fingerprint density at radius 2 is 1.72 bits per heavy atom. The zero-order chi connectivity index (χ0) is 24.9. The number of hydrogen-bond acceptors (Lipinski definition) is 7. The van der Waals surface area contributed by atoms with E-state index in [-0.39, 0.29) is 17.7 Å². The number of benzene rings is 1. The van der Waals surface area contributed by atoms with Crippen LogP contribution in [0.1, 0.15) is 50.1 Å². The summed E-state index contributed by atoms with van der Waals surface area (Å²) in [6, 6.07) is 10.2. The molecule has 6 rings (SSSR count). The topological polar surface area (TPSA) is 109 Å². The molecule has 1 atom stereocenters. The summed E-state index contributed by atoms with van der Waals surface area (Å²) >= 11 is 0. The van der Waals surface area contributed by atoms with Gasteiger partial charge in [0.2, 0.25) is 11.8 Å². The van der Waals surface area contributed by atoms with Crippen molar-refractivity contribution in [2.45, 2.75) is 44.4 Å². The van der Waals surface area contributed by atoms with Crippen molar-refractivity contribution < 1.29 is 9.59 Å². The Bertz CT molecular complexity index is 1300. The van der Waals surface area contributed by atoms with Crippen LogP contribution in [-0.4, -0.2) is 52.8 Å². The molecule has 3 saturated heterocycles. The predicted molar refractivity (Wildman–Crippen MR) is 140 cm³/mol. The molecule has 3 N–H and O–H groups in total. The van der Waals surface area contributed by atoms with E-state index in [2.05, 4.69) is 44.4 Å². The third kappa shape index (κ3) is 3.96. The smallest absolute Gasteiger partial charge is 0.235 e. The fourth-order valence-electron chi connectivity index (χ4n) is 6.36. The average Bonchev–Trinajstić information content (AvgIpc) is 3.22. The number of rotatable bonds is 3. The van der Waals surface area contributed by atoms with Crippen LogP contribution < -0.4 is 20.9 Å². The van der Waals surface area contributed by atoms with Gasteiger partial charge in [-0.2, -0.15) is 5.10 Å². The number of imide groups is 1. The van der Waals surface area contributed by atoms with Crippen LogP contribution in [0.4, 0.5) is 17.2 Å². The van der Waals surface area contributed by atoms with Crippen molar-refractivity contribution >= 4 is 39.9 Å². The van der Waals surface area contributed by atoms with E-state index in [1.807, 2.05) is 24.0 Å². The number of piperidine rings is 3. The predicted octanol–water partition coefficient (Wildman–Crippen LogP) is 2.96. The van der Waals surface area contributed by atoms with Crippen molar-refractivity contribution in [2.75, 3.05) is 41.7 Å². The van der Waals surface area contributed by atoms with Crippen molar-refractivity contribution in [2.24, 2.45) is 12.5 Å². The molecule has 0 bridgehead atoms. The molecule has 0 unspecified atom stereocenters. The summed E-state index contributed by atoms with van der Waals surface area (Å²) in [5.74, 6) is -0.256. The third-order valence-electron chi connectivity index (χ3n) is 8.57. The van der Waals surface area contributed by atoms with Crippen LogP contribution in [0, 0.1) is 5.41 Å². The van der Waals surface area contributed by atoms with Crippen LogP contribution in [0.15, 0.2) is 36.5 Å². The summed E-state index contributed by atoms with van der Waals surface area (Å²) in [4.78, 5) is 33.3. The van der Waals surface area contributed by atoms with Gasteiger partial charge in [0.05, 0.1) is 34.7 Å². The molecule has 5 heterocycles. The molecule has 2 amide bonds. The summed E-state index contributed by atoms with van der Waals surface area (Å²) in [5.41, 5.74) is 10.3. The second-order valence-electron chi connectivity index (χ2n) is 10.6. The van der Waals surface area contributed by atoms with E-state index in [0.717, 1.165) is 48.5 Å². The lowest BCUT2D eigenvalue weighted by Gasteiger charge is -2.48. The molecule has 36 heavy (non-hydrogen) atoms. The molecule has 1 aromatic carbocycles. The summed E-state index contributed by atoms with van der Waals surface area (Å²) < 4.78 is 1.91. The number of nitrogens with zero attached hydrogens (tertiary/aromatic N) is 5. The molecule has 3 aliphatic rings. The van der Waals surface area contributed by atoms with E-state index in [0.29, 0.717) is 24.1 Å². The van der Waals surface area contributed by atoms with Gasteiger partial charge in [-0.3, -0.25) is 19.6 Å². The van der Waals surface area contributed by atoms with E-state index in [1.165, 1.54) is 31.4 Å². The molecule has 2 aromatic heterocycles. The zero-order valence-electron chi connectivity index (χ0n) is 20.7. The quantitative estimate of drug-likeness (QED) is 0.547. The molecule has 188 valence electrons. The summed E-state index contributed by atoms with van der Waals surface area (Å²) in [5, 5.41) is 8.26. The largest absolute Gasteiger partial charge is 0.384 e. The maximum atomic E-state index is 12.5. The minimum Gasteiger partial charge on any atom is -0.384 e. The number of anilines is 3. The number of hydrogen-bond donors (Lipinski definition) is 2. The van der Waals surface area contributed by atoms with Crippen LogP contribution in [0.5, 0.6) is 0 Å². The normalized spacial score (nSPS) is 22.3. The zero-order valence-corrected chi connectivity index (χ0v) is 20.7. The van der Waals surface area contributed by atoms with Crippen LogP contribution in [0.2, 0.25) is 0 Å². The number of aryl methyl sites for hydroxylation is 1. The first-order valence-electron chi connectivity index (χ1n) is 12.9. The van der Waals surface area contributed by atoms with E-state index in [1.54, 1.807) is 0 Å². The molecular weight excluding hydrogens is 454 g/mol. The molecule has 1 spiro atoms. The van der Waals surface area contributed by atoms with Crippen molar-refractivity contribution in [3.63, 3.8) is 0 Å². The number of carbonyl (C=O) groups is 2. The number of nitrogen functional groups attached to an aromatic ring is 1. The number of carbonyl (C=O) groups excluding carboxylic acids is 2. The molecular formula is C27H33N7O2. The molecule has 0 aliphatic carbocycles. The number of nitrogens with one attached hydrogen (secondary N) is 1. The van der Waals surface area contributed by atoms with Gasteiger partial charge in [-0.25, -0.2) is 4.98 Å². The minimum absolute atomic E-state index is 0.199. The first-order chi connectivity index (χ1) is 17.4. The highest BCUT2D eigenvalue weighted by Gasteiger charge is 2.38. The highest BCUT2D eigenvalue weighted by atomic mass is 16.2. The number of aromatic nitrogens is 3. The Morgan fingerprint density at radius 1 is 1.00 bits per heavy atom. The SMILES string of the molecule is Cn1nc([C@H]2CCC(=O)NC2=O)c2cccc(N3CCC4(CCN(c5ccc(N)nc5)CC4)CC3)c21. The van der Waals surface area contributed by atoms with Gasteiger partial charge in [-0.15, -0.1) is 0 Å². The molecule has 3 aliphatic heterocycles. The number of pyridine rings is 1. The van der Waals surface area contributed by atoms with Gasteiger partial charge in [-0.05, 0) is 55.7 Å². The standard InChI is InChI=1S/C27H33N7O2/c1-32-25-19(24(31-32)20-6-8-23(35)30-26(20)36)3-2-4-21(25)34-15-11-27(12-16-34)9-13-33(14-10-27)18-5-7-22(28)29-17-18/h2-5,7,17,20H,6,8-16H2,1H3,(H2,28,29)(H,30,35,36)/t20-/m1/s1. The van der Waals surface area contributed by atoms with Crippen molar-refractivity contribution in [3.05, 3.63) is 42.2 Å². The van der Waals surface area contributed by atoms with Crippen molar-refractivity contribution in [3.8, 4) is 0 Å². The highest BCUT2D eigenvalue weighted by Crippen LogP contribution is 2.44. The van der Waals surface area contributed by atoms with Gasteiger partial charge >= 0.3 is 0 Å².